The normalized spacial score (nSPS) is 11.0. The van der Waals surface area contributed by atoms with Crippen molar-refractivity contribution < 1.29 is 14.6 Å². The lowest BCUT2D eigenvalue weighted by Gasteiger charge is -2.15. The molecule has 3 nitrogen and oxygen atoms in total. The molecule has 0 saturated carbocycles. The Labute approximate surface area is 102 Å². The minimum Gasteiger partial charge on any atom is -0.490 e. The van der Waals surface area contributed by atoms with Crippen molar-refractivity contribution in [2.24, 2.45) is 0 Å². The summed E-state index contributed by atoms with van der Waals surface area (Å²) < 4.78 is 5.75. The number of aliphatic carboxylic acids is 1. The molecule has 0 aromatic heterocycles. The highest BCUT2D eigenvalue weighted by atomic mass is 16.5. The average Bonchev–Trinajstić information content (AvgIpc) is 2.34. The number of carboxylic acids is 1. The number of ether oxygens (including phenoxy) is 1. The van der Waals surface area contributed by atoms with Crippen LogP contribution in [0, 0.1) is 0 Å². The Morgan fingerprint density at radius 2 is 1.88 bits per heavy atom. The van der Waals surface area contributed by atoms with Crippen molar-refractivity contribution in [2.45, 2.75) is 32.8 Å². The molecule has 3 heteroatoms. The molecular weight excluding hydrogens is 216 g/mol. The van der Waals surface area contributed by atoms with E-state index in [1.807, 2.05) is 24.3 Å². The highest BCUT2D eigenvalue weighted by Crippen LogP contribution is 2.16. The maximum atomic E-state index is 10.4. The molecule has 0 saturated heterocycles. The first kappa shape index (κ1) is 13.3. The molecule has 0 atom stereocenters. The standard InChI is InChI=1S/C14H18O3/c1-3-12(4-2)17-13-8-5-11(6-9-13)7-10-14(15)16/h5-10,12H,3-4H2,1-2H3,(H,15,16). The smallest absolute Gasteiger partial charge is 0.328 e. The second-order valence-corrected chi connectivity index (χ2v) is 3.80. The van der Waals surface area contributed by atoms with Crippen molar-refractivity contribution in [3.8, 4) is 5.75 Å². The first-order valence-electron chi connectivity index (χ1n) is 5.83. The van der Waals surface area contributed by atoms with Crippen LogP contribution >= 0.6 is 0 Å². The maximum Gasteiger partial charge on any atom is 0.328 e. The van der Waals surface area contributed by atoms with Crippen LogP contribution in [0.2, 0.25) is 0 Å². The van der Waals surface area contributed by atoms with E-state index >= 15 is 0 Å². The SMILES string of the molecule is CCC(CC)Oc1ccc(C=CC(=O)O)cc1. The number of hydrogen-bond acceptors (Lipinski definition) is 2. The molecule has 0 spiro atoms. The minimum absolute atomic E-state index is 0.246. The summed E-state index contributed by atoms with van der Waals surface area (Å²) in [4.78, 5) is 10.4. The molecule has 0 unspecified atom stereocenters. The first-order valence-corrected chi connectivity index (χ1v) is 5.83. The lowest BCUT2D eigenvalue weighted by Crippen LogP contribution is -2.13. The van der Waals surface area contributed by atoms with Crippen LogP contribution in [0.5, 0.6) is 5.75 Å². The third kappa shape index (κ3) is 4.72. The molecule has 0 radical (unpaired) electrons. The van der Waals surface area contributed by atoms with Gasteiger partial charge in [0.15, 0.2) is 0 Å². The van der Waals surface area contributed by atoms with Crippen molar-refractivity contribution in [2.75, 3.05) is 0 Å². The van der Waals surface area contributed by atoms with Gasteiger partial charge in [-0.15, -0.1) is 0 Å². The molecular formula is C14H18O3. The molecule has 17 heavy (non-hydrogen) atoms. The van der Waals surface area contributed by atoms with Gasteiger partial charge in [0.25, 0.3) is 0 Å². The number of carbonyl (C=O) groups is 1. The summed E-state index contributed by atoms with van der Waals surface area (Å²) in [6.45, 7) is 4.19. The zero-order valence-electron chi connectivity index (χ0n) is 10.2. The Hall–Kier alpha value is -1.77. The predicted molar refractivity (Wildman–Crippen MR) is 68.1 cm³/mol. The molecule has 0 aliphatic heterocycles. The van der Waals surface area contributed by atoms with Gasteiger partial charge in [0, 0.05) is 6.08 Å². The fraction of sp³-hybridized carbons (Fsp3) is 0.357. The Balaban J connectivity index is 2.64. The van der Waals surface area contributed by atoms with Crippen LogP contribution in [0.4, 0.5) is 0 Å². The van der Waals surface area contributed by atoms with E-state index in [0.717, 1.165) is 30.2 Å². The fourth-order valence-corrected chi connectivity index (χ4v) is 1.47. The van der Waals surface area contributed by atoms with Crippen molar-refractivity contribution >= 4 is 12.0 Å². The summed E-state index contributed by atoms with van der Waals surface area (Å²) in [5.41, 5.74) is 0.851. The van der Waals surface area contributed by atoms with E-state index in [2.05, 4.69) is 13.8 Å². The van der Waals surface area contributed by atoms with Gasteiger partial charge in [-0.2, -0.15) is 0 Å². The van der Waals surface area contributed by atoms with Gasteiger partial charge >= 0.3 is 5.97 Å². The van der Waals surface area contributed by atoms with Gasteiger partial charge in [0.1, 0.15) is 5.75 Å². The number of hydrogen-bond donors (Lipinski definition) is 1. The van der Waals surface area contributed by atoms with E-state index < -0.39 is 5.97 Å². The summed E-state index contributed by atoms with van der Waals surface area (Å²) in [5.74, 6) is -0.117. The molecule has 1 aromatic carbocycles. The predicted octanol–water partition coefficient (Wildman–Crippen LogP) is 3.35. The number of rotatable bonds is 6. The largest absolute Gasteiger partial charge is 0.490 e. The topological polar surface area (TPSA) is 46.5 Å². The zero-order chi connectivity index (χ0) is 12.7. The van der Waals surface area contributed by atoms with E-state index in [-0.39, 0.29) is 6.10 Å². The van der Waals surface area contributed by atoms with E-state index in [1.54, 1.807) is 6.08 Å². The molecule has 1 aromatic rings. The van der Waals surface area contributed by atoms with Crippen LogP contribution in [-0.4, -0.2) is 17.2 Å². The highest BCUT2D eigenvalue weighted by Gasteiger charge is 2.04. The second kappa shape index (κ2) is 6.74. The van der Waals surface area contributed by atoms with E-state index in [0.29, 0.717) is 0 Å². The summed E-state index contributed by atoms with van der Waals surface area (Å²) in [6.07, 6.45) is 4.89. The van der Waals surface area contributed by atoms with E-state index in [4.69, 9.17) is 9.84 Å². The van der Waals surface area contributed by atoms with Crippen LogP contribution in [0.15, 0.2) is 30.3 Å². The Morgan fingerprint density at radius 1 is 1.29 bits per heavy atom. The van der Waals surface area contributed by atoms with Crippen molar-refractivity contribution in [1.82, 2.24) is 0 Å². The molecule has 0 fully saturated rings. The maximum absolute atomic E-state index is 10.4. The van der Waals surface area contributed by atoms with Crippen LogP contribution < -0.4 is 4.74 Å². The quantitative estimate of drug-likeness (QED) is 0.768. The summed E-state index contributed by atoms with van der Waals surface area (Å²) >= 11 is 0. The van der Waals surface area contributed by atoms with Gasteiger partial charge in [-0.25, -0.2) is 4.79 Å². The molecule has 0 aliphatic rings. The van der Waals surface area contributed by atoms with Gasteiger partial charge in [0.05, 0.1) is 6.10 Å². The molecule has 0 heterocycles. The monoisotopic (exact) mass is 234 g/mol. The van der Waals surface area contributed by atoms with Gasteiger partial charge < -0.3 is 9.84 Å². The molecule has 0 bridgehead atoms. The van der Waals surface area contributed by atoms with Gasteiger partial charge in [0.2, 0.25) is 0 Å². The van der Waals surface area contributed by atoms with Gasteiger partial charge in [-0.05, 0) is 36.6 Å². The highest BCUT2D eigenvalue weighted by molar-refractivity contribution is 5.85. The molecule has 0 amide bonds. The molecule has 1 N–H and O–H groups in total. The molecule has 92 valence electrons. The lowest BCUT2D eigenvalue weighted by atomic mass is 10.2. The van der Waals surface area contributed by atoms with Crippen LogP contribution in [0.3, 0.4) is 0 Å². The Bertz CT molecular complexity index is 375. The zero-order valence-corrected chi connectivity index (χ0v) is 10.2. The number of benzene rings is 1. The van der Waals surface area contributed by atoms with Crippen molar-refractivity contribution in [3.05, 3.63) is 35.9 Å². The van der Waals surface area contributed by atoms with Crippen LogP contribution in [0.25, 0.3) is 6.08 Å². The van der Waals surface area contributed by atoms with Gasteiger partial charge in [-0.3, -0.25) is 0 Å². The van der Waals surface area contributed by atoms with Crippen molar-refractivity contribution in [1.29, 1.82) is 0 Å². The van der Waals surface area contributed by atoms with Crippen LogP contribution in [0.1, 0.15) is 32.3 Å². The summed E-state index contributed by atoms with van der Waals surface area (Å²) in [7, 11) is 0. The average molecular weight is 234 g/mol. The van der Waals surface area contributed by atoms with E-state index in [9.17, 15) is 4.79 Å². The fourth-order valence-electron chi connectivity index (χ4n) is 1.47. The lowest BCUT2D eigenvalue weighted by molar-refractivity contribution is -0.131. The second-order valence-electron chi connectivity index (χ2n) is 3.80. The summed E-state index contributed by atoms with van der Waals surface area (Å²) in [6, 6.07) is 7.41. The third-order valence-corrected chi connectivity index (χ3v) is 2.51. The third-order valence-electron chi connectivity index (χ3n) is 2.51. The molecule has 0 aliphatic carbocycles. The van der Waals surface area contributed by atoms with Crippen molar-refractivity contribution in [3.63, 3.8) is 0 Å². The Kier molecular flexibility index (Phi) is 5.27. The molecule has 1 rings (SSSR count). The minimum atomic E-state index is -0.942. The Morgan fingerprint density at radius 3 is 2.35 bits per heavy atom. The number of carboxylic acid groups (broad SMARTS) is 1. The van der Waals surface area contributed by atoms with E-state index in [1.165, 1.54) is 0 Å². The van der Waals surface area contributed by atoms with Gasteiger partial charge in [-0.1, -0.05) is 26.0 Å². The van der Waals surface area contributed by atoms with Crippen LogP contribution in [-0.2, 0) is 4.79 Å². The first-order chi connectivity index (χ1) is 8.15. The summed E-state index contributed by atoms with van der Waals surface area (Å²) in [5, 5.41) is 8.50.